The van der Waals surface area contributed by atoms with Gasteiger partial charge in [-0.05, 0) is 12.1 Å². The SMILES string of the molecule is CCN(C)C(N)=NOC(O)F. The highest BCUT2D eigenvalue weighted by atomic mass is 19.2. The highest BCUT2D eigenvalue weighted by molar-refractivity contribution is 5.77. The molecule has 0 aromatic carbocycles. The van der Waals surface area contributed by atoms with Gasteiger partial charge in [-0.15, -0.1) is 0 Å². The molecule has 0 aromatic heterocycles. The zero-order valence-electron chi connectivity index (χ0n) is 6.49. The van der Waals surface area contributed by atoms with Crippen molar-refractivity contribution < 1.29 is 14.3 Å². The molecule has 1 atom stereocenters. The van der Waals surface area contributed by atoms with Crippen LogP contribution < -0.4 is 5.73 Å². The van der Waals surface area contributed by atoms with Crippen LogP contribution in [0.15, 0.2) is 5.16 Å². The van der Waals surface area contributed by atoms with Gasteiger partial charge in [0.05, 0.1) is 0 Å². The number of hydrogen-bond acceptors (Lipinski definition) is 3. The monoisotopic (exact) mass is 165 g/mol. The average Bonchev–Trinajstić information content (AvgIpc) is 1.98. The van der Waals surface area contributed by atoms with Gasteiger partial charge in [0.25, 0.3) is 0 Å². The summed E-state index contributed by atoms with van der Waals surface area (Å²) >= 11 is 0. The molecule has 0 rings (SSSR count). The van der Waals surface area contributed by atoms with E-state index in [0.717, 1.165) is 0 Å². The van der Waals surface area contributed by atoms with Crippen molar-refractivity contribution in [3.63, 3.8) is 0 Å². The standard InChI is InChI=1S/C5H12FN3O2/c1-3-9(2)5(7)8-11-4(6)10/h4,10H,3H2,1-2H3,(H2,7,8). The summed E-state index contributed by atoms with van der Waals surface area (Å²) in [7, 11) is 1.66. The molecule has 1 unspecified atom stereocenters. The first kappa shape index (κ1) is 9.96. The minimum Gasteiger partial charge on any atom is -0.367 e. The first-order valence-electron chi connectivity index (χ1n) is 3.10. The van der Waals surface area contributed by atoms with Gasteiger partial charge >= 0.3 is 6.54 Å². The lowest BCUT2D eigenvalue weighted by Gasteiger charge is -2.13. The topological polar surface area (TPSA) is 71.1 Å². The van der Waals surface area contributed by atoms with E-state index in [4.69, 9.17) is 10.8 Å². The van der Waals surface area contributed by atoms with Crippen molar-refractivity contribution in [2.75, 3.05) is 13.6 Å². The fourth-order valence-corrected chi connectivity index (χ4v) is 0.329. The normalized spacial score (nSPS) is 14.4. The predicted octanol–water partition coefficient (Wildman–Crippen LogP) is -0.570. The van der Waals surface area contributed by atoms with Crippen LogP contribution in [0, 0.1) is 0 Å². The lowest BCUT2D eigenvalue weighted by atomic mass is 10.6. The predicted molar refractivity (Wildman–Crippen MR) is 38.1 cm³/mol. The molecule has 0 aliphatic heterocycles. The highest BCUT2D eigenvalue weighted by Crippen LogP contribution is 1.89. The number of hydrogen-bond donors (Lipinski definition) is 2. The quantitative estimate of drug-likeness (QED) is 0.254. The van der Waals surface area contributed by atoms with Gasteiger partial charge in [0.1, 0.15) is 0 Å². The number of aliphatic hydroxyl groups excluding tert-OH is 1. The zero-order chi connectivity index (χ0) is 8.85. The van der Waals surface area contributed by atoms with Gasteiger partial charge in [0, 0.05) is 13.6 Å². The zero-order valence-corrected chi connectivity index (χ0v) is 6.49. The van der Waals surface area contributed by atoms with Crippen molar-refractivity contribution in [3.8, 4) is 0 Å². The number of alkyl halides is 1. The van der Waals surface area contributed by atoms with Crippen LogP contribution in [0.1, 0.15) is 6.92 Å². The maximum Gasteiger partial charge on any atom is 0.372 e. The smallest absolute Gasteiger partial charge is 0.367 e. The Balaban J connectivity index is 3.79. The van der Waals surface area contributed by atoms with Crippen molar-refractivity contribution in [1.29, 1.82) is 0 Å². The maximum absolute atomic E-state index is 11.6. The molecular weight excluding hydrogens is 153 g/mol. The van der Waals surface area contributed by atoms with Gasteiger partial charge in [-0.25, -0.2) is 0 Å². The average molecular weight is 165 g/mol. The van der Waals surface area contributed by atoms with Gasteiger partial charge < -0.3 is 20.6 Å². The van der Waals surface area contributed by atoms with Crippen molar-refractivity contribution in [3.05, 3.63) is 0 Å². The van der Waals surface area contributed by atoms with Gasteiger partial charge in [0.2, 0.25) is 5.96 Å². The van der Waals surface area contributed by atoms with E-state index >= 15 is 0 Å². The Morgan fingerprint density at radius 3 is 2.82 bits per heavy atom. The number of rotatable bonds is 3. The summed E-state index contributed by atoms with van der Waals surface area (Å²) in [5.41, 5.74) is 5.25. The van der Waals surface area contributed by atoms with E-state index in [1.807, 2.05) is 6.92 Å². The van der Waals surface area contributed by atoms with E-state index in [1.165, 1.54) is 4.90 Å². The molecule has 5 nitrogen and oxygen atoms in total. The van der Waals surface area contributed by atoms with Crippen LogP contribution in [0.2, 0.25) is 0 Å². The molecule has 66 valence electrons. The van der Waals surface area contributed by atoms with Crippen LogP contribution in [-0.4, -0.2) is 36.1 Å². The molecule has 0 heterocycles. The molecule has 11 heavy (non-hydrogen) atoms. The van der Waals surface area contributed by atoms with Gasteiger partial charge in [-0.2, -0.15) is 4.39 Å². The molecule has 0 bridgehead atoms. The minimum atomic E-state index is -2.42. The molecule has 6 heteroatoms. The highest BCUT2D eigenvalue weighted by Gasteiger charge is 2.01. The number of nitrogens with two attached hydrogens (primary N) is 1. The van der Waals surface area contributed by atoms with Crippen LogP contribution in [-0.2, 0) is 4.84 Å². The lowest BCUT2D eigenvalue weighted by Crippen LogP contribution is -2.34. The molecule has 0 fully saturated rings. The molecule has 0 saturated carbocycles. The number of aliphatic hydroxyl groups is 1. The van der Waals surface area contributed by atoms with Crippen LogP contribution >= 0.6 is 0 Å². The number of oxime groups is 1. The Morgan fingerprint density at radius 2 is 2.45 bits per heavy atom. The van der Waals surface area contributed by atoms with E-state index in [0.29, 0.717) is 6.54 Å². The summed E-state index contributed by atoms with van der Waals surface area (Å²) in [6, 6.07) is 0. The van der Waals surface area contributed by atoms with Crippen LogP contribution in [0.25, 0.3) is 0 Å². The van der Waals surface area contributed by atoms with Crippen molar-refractivity contribution >= 4 is 5.96 Å². The third-order valence-electron chi connectivity index (χ3n) is 1.10. The molecule has 0 amide bonds. The molecule has 0 aromatic rings. The maximum atomic E-state index is 11.6. The van der Waals surface area contributed by atoms with Crippen LogP contribution in [0.4, 0.5) is 4.39 Å². The van der Waals surface area contributed by atoms with E-state index < -0.39 is 6.54 Å². The second-order valence-corrected chi connectivity index (χ2v) is 1.86. The molecule has 3 N–H and O–H groups in total. The lowest BCUT2D eigenvalue weighted by molar-refractivity contribution is -0.184. The van der Waals surface area contributed by atoms with E-state index in [2.05, 4.69) is 9.99 Å². The van der Waals surface area contributed by atoms with E-state index in [9.17, 15) is 4.39 Å². The minimum absolute atomic E-state index is 0.0178. The van der Waals surface area contributed by atoms with Crippen molar-refractivity contribution in [1.82, 2.24) is 4.90 Å². The number of nitrogens with zero attached hydrogens (tertiary/aromatic N) is 2. The Bertz CT molecular complexity index is 140. The number of guanidine groups is 1. The first-order chi connectivity index (χ1) is 5.07. The summed E-state index contributed by atoms with van der Waals surface area (Å²) in [5.74, 6) is 0.0178. The molecule has 0 aliphatic carbocycles. The summed E-state index contributed by atoms with van der Waals surface area (Å²) < 4.78 is 11.6. The van der Waals surface area contributed by atoms with Crippen LogP contribution in [0.3, 0.4) is 0 Å². The Labute approximate surface area is 64.2 Å². The first-order valence-corrected chi connectivity index (χ1v) is 3.10. The summed E-state index contributed by atoms with van der Waals surface area (Å²) in [4.78, 5) is 5.37. The molecular formula is C5H12FN3O2. The van der Waals surface area contributed by atoms with E-state index in [1.54, 1.807) is 7.05 Å². The third kappa shape index (κ3) is 4.38. The fourth-order valence-electron chi connectivity index (χ4n) is 0.329. The fraction of sp³-hybridized carbons (Fsp3) is 0.800. The Morgan fingerprint density at radius 1 is 1.91 bits per heavy atom. The molecule has 0 spiro atoms. The molecule has 0 radical (unpaired) electrons. The summed E-state index contributed by atoms with van der Waals surface area (Å²) in [6.45, 7) is 0.0498. The summed E-state index contributed by atoms with van der Waals surface area (Å²) in [5, 5.41) is 11.1. The van der Waals surface area contributed by atoms with Crippen molar-refractivity contribution in [2.24, 2.45) is 10.9 Å². The van der Waals surface area contributed by atoms with E-state index in [-0.39, 0.29) is 5.96 Å². The van der Waals surface area contributed by atoms with Crippen molar-refractivity contribution in [2.45, 2.75) is 13.5 Å². The second kappa shape index (κ2) is 4.73. The molecule has 0 aliphatic rings. The van der Waals surface area contributed by atoms with Gasteiger partial charge in [-0.1, -0.05) is 0 Å². The Kier molecular flexibility index (Phi) is 4.28. The number of halogens is 1. The largest absolute Gasteiger partial charge is 0.372 e. The van der Waals surface area contributed by atoms with Gasteiger partial charge in [0.15, 0.2) is 0 Å². The summed E-state index contributed by atoms with van der Waals surface area (Å²) in [6.07, 6.45) is 0. The Hall–Kier alpha value is -1.04. The second-order valence-electron chi connectivity index (χ2n) is 1.86. The van der Waals surface area contributed by atoms with Gasteiger partial charge in [-0.3, -0.25) is 0 Å². The third-order valence-corrected chi connectivity index (χ3v) is 1.10. The molecule has 0 saturated heterocycles. The van der Waals surface area contributed by atoms with Crippen LogP contribution in [0.5, 0.6) is 0 Å².